The largest absolute Gasteiger partial charge is 0.451 e. The lowest BCUT2D eigenvalue weighted by atomic mass is 9.97. The summed E-state index contributed by atoms with van der Waals surface area (Å²) in [6, 6.07) is 1.46. The predicted molar refractivity (Wildman–Crippen MR) is 85.6 cm³/mol. The Kier molecular flexibility index (Phi) is 5.35. The Morgan fingerprint density at radius 3 is 2.52 bits per heavy atom. The molecule has 0 spiro atoms. The number of esters is 1. The first-order valence-electron chi connectivity index (χ1n) is 7.54. The summed E-state index contributed by atoms with van der Waals surface area (Å²) in [6.07, 6.45) is 2.98. The monoisotopic (exact) mass is 340 g/mol. The molecule has 8 heteroatoms. The molecule has 2 rings (SSSR count). The molecule has 7 nitrogen and oxygen atoms in total. The summed E-state index contributed by atoms with van der Waals surface area (Å²) in [4.78, 5) is 36.9. The van der Waals surface area contributed by atoms with Gasteiger partial charge in [0.05, 0.1) is 9.80 Å². The lowest BCUT2D eigenvalue weighted by Gasteiger charge is -2.38. The molecule has 1 amide bonds. The molecule has 1 aromatic rings. The van der Waals surface area contributed by atoms with Gasteiger partial charge in [-0.3, -0.25) is 14.9 Å². The van der Waals surface area contributed by atoms with Gasteiger partial charge in [-0.1, -0.05) is 0 Å². The van der Waals surface area contributed by atoms with Gasteiger partial charge in [0.1, 0.15) is 4.88 Å². The number of hydrogen-bond donors (Lipinski definition) is 0. The van der Waals surface area contributed by atoms with E-state index in [0.29, 0.717) is 4.88 Å². The highest BCUT2D eigenvalue weighted by molar-refractivity contribution is 7.14. The van der Waals surface area contributed by atoms with Gasteiger partial charge in [0.2, 0.25) is 0 Å². The molecule has 0 saturated carbocycles. The van der Waals surface area contributed by atoms with E-state index in [2.05, 4.69) is 0 Å². The van der Waals surface area contributed by atoms with Crippen molar-refractivity contribution in [3.63, 3.8) is 0 Å². The van der Waals surface area contributed by atoms with Gasteiger partial charge in [-0.2, -0.15) is 0 Å². The molecule has 0 radical (unpaired) electrons. The number of aryl methyl sites for hydroxylation is 1. The van der Waals surface area contributed by atoms with E-state index in [4.69, 9.17) is 4.74 Å². The minimum absolute atomic E-state index is 0.105. The number of rotatable bonds is 4. The van der Waals surface area contributed by atoms with Crippen LogP contribution >= 0.6 is 11.3 Å². The molecular weight excluding hydrogens is 320 g/mol. The lowest BCUT2D eigenvalue weighted by Crippen LogP contribution is -2.49. The van der Waals surface area contributed by atoms with Crippen molar-refractivity contribution in [3.8, 4) is 0 Å². The number of likely N-dealkylation sites (tertiary alicyclic amines) is 1. The summed E-state index contributed by atoms with van der Waals surface area (Å²) < 4.78 is 5.05. The number of nitrogens with zero attached hydrogens (tertiary/aromatic N) is 2. The van der Waals surface area contributed by atoms with Crippen LogP contribution in [0.5, 0.6) is 0 Å². The van der Waals surface area contributed by atoms with Gasteiger partial charge in [-0.25, -0.2) is 4.79 Å². The summed E-state index contributed by atoms with van der Waals surface area (Å²) in [5.41, 5.74) is -0.105. The summed E-state index contributed by atoms with van der Waals surface area (Å²) in [6.45, 7) is 5.21. The highest BCUT2D eigenvalue weighted by Gasteiger charge is 2.30. The van der Waals surface area contributed by atoms with Crippen LogP contribution in [0, 0.1) is 17.0 Å². The van der Waals surface area contributed by atoms with Crippen LogP contribution in [0.4, 0.5) is 5.69 Å². The van der Waals surface area contributed by atoms with Gasteiger partial charge in [0.15, 0.2) is 6.61 Å². The quantitative estimate of drug-likeness (QED) is 0.477. The second-order valence-corrected chi connectivity index (χ2v) is 7.07. The number of ether oxygens (including phenoxy) is 1. The minimum Gasteiger partial charge on any atom is -0.451 e. The van der Waals surface area contributed by atoms with Crippen molar-refractivity contribution < 1.29 is 19.2 Å². The average Bonchev–Trinajstić information content (AvgIpc) is 2.87. The Morgan fingerprint density at radius 2 is 2.00 bits per heavy atom. The number of carbonyl (C=O) groups excluding carboxylic acids is 2. The molecular formula is C15H20N2O5S. The summed E-state index contributed by atoms with van der Waals surface area (Å²) >= 11 is 0.998. The fourth-order valence-electron chi connectivity index (χ4n) is 2.94. The third-order valence-corrected chi connectivity index (χ3v) is 5.12. The lowest BCUT2D eigenvalue weighted by molar-refractivity contribution is -0.385. The van der Waals surface area contributed by atoms with Gasteiger partial charge >= 0.3 is 5.97 Å². The first-order chi connectivity index (χ1) is 10.8. The molecule has 126 valence electrons. The predicted octanol–water partition coefficient (Wildman–Crippen LogP) is 2.91. The maximum atomic E-state index is 12.3. The fraction of sp³-hybridized carbons (Fsp3) is 0.600. The van der Waals surface area contributed by atoms with Crippen LogP contribution in [0.3, 0.4) is 0 Å². The van der Waals surface area contributed by atoms with E-state index in [1.54, 1.807) is 11.8 Å². The van der Waals surface area contributed by atoms with E-state index in [1.165, 1.54) is 6.07 Å². The molecule has 0 aliphatic carbocycles. The topological polar surface area (TPSA) is 89.8 Å². The first-order valence-corrected chi connectivity index (χ1v) is 8.36. The summed E-state index contributed by atoms with van der Waals surface area (Å²) in [5, 5.41) is 10.8. The van der Waals surface area contributed by atoms with Crippen LogP contribution in [0.25, 0.3) is 0 Å². The number of piperidine rings is 1. The van der Waals surface area contributed by atoms with Gasteiger partial charge in [-0.05, 0) is 40.0 Å². The van der Waals surface area contributed by atoms with Crippen molar-refractivity contribution in [2.75, 3.05) is 6.61 Å². The average molecular weight is 340 g/mol. The third kappa shape index (κ3) is 3.87. The number of nitro groups is 1. The van der Waals surface area contributed by atoms with E-state index in [-0.39, 0.29) is 35.2 Å². The van der Waals surface area contributed by atoms with Crippen LogP contribution < -0.4 is 0 Å². The Morgan fingerprint density at radius 1 is 1.39 bits per heavy atom. The number of thiophene rings is 1. The van der Waals surface area contributed by atoms with Crippen LogP contribution in [-0.2, 0) is 9.53 Å². The maximum Gasteiger partial charge on any atom is 0.349 e. The Balaban J connectivity index is 1.97. The SMILES string of the molecule is Cc1sc(C(=O)OCC(=O)N2[C@H](C)CCC[C@H]2C)cc1[N+](=O)[O-]. The highest BCUT2D eigenvalue weighted by atomic mass is 32.1. The molecule has 0 unspecified atom stereocenters. The first kappa shape index (κ1) is 17.4. The molecule has 0 aromatic carbocycles. The molecule has 2 atom stereocenters. The zero-order valence-electron chi connectivity index (χ0n) is 13.4. The number of amides is 1. The van der Waals surface area contributed by atoms with Crippen molar-refractivity contribution in [2.24, 2.45) is 0 Å². The highest BCUT2D eigenvalue weighted by Crippen LogP contribution is 2.28. The molecule has 1 saturated heterocycles. The Bertz CT molecular complexity index is 617. The van der Waals surface area contributed by atoms with E-state index in [0.717, 1.165) is 30.6 Å². The molecule has 23 heavy (non-hydrogen) atoms. The fourth-order valence-corrected chi connectivity index (χ4v) is 3.82. The zero-order valence-corrected chi connectivity index (χ0v) is 14.2. The molecule has 1 aromatic heterocycles. The normalized spacial score (nSPS) is 21.1. The van der Waals surface area contributed by atoms with E-state index in [9.17, 15) is 19.7 Å². The molecule has 0 N–H and O–H groups in total. The van der Waals surface area contributed by atoms with E-state index < -0.39 is 10.9 Å². The van der Waals surface area contributed by atoms with Gasteiger partial charge < -0.3 is 9.64 Å². The van der Waals surface area contributed by atoms with Crippen LogP contribution in [0.2, 0.25) is 0 Å². The maximum absolute atomic E-state index is 12.3. The Hall–Kier alpha value is -1.96. The summed E-state index contributed by atoms with van der Waals surface area (Å²) in [5.74, 6) is -0.919. The van der Waals surface area contributed by atoms with Gasteiger partial charge in [0, 0.05) is 18.2 Å². The van der Waals surface area contributed by atoms with Crippen molar-refractivity contribution in [2.45, 2.75) is 52.1 Å². The molecule has 1 aliphatic rings. The second-order valence-electron chi connectivity index (χ2n) is 5.82. The van der Waals surface area contributed by atoms with Crippen LogP contribution in [0.1, 0.15) is 47.7 Å². The van der Waals surface area contributed by atoms with Crippen molar-refractivity contribution >= 4 is 28.9 Å². The van der Waals surface area contributed by atoms with Gasteiger partial charge in [0.25, 0.3) is 11.6 Å². The summed E-state index contributed by atoms with van der Waals surface area (Å²) in [7, 11) is 0. The van der Waals surface area contributed by atoms with Crippen molar-refractivity contribution in [1.29, 1.82) is 0 Å². The smallest absolute Gasteiger partial charge is 0.349 e. The zero-order chi connectivity index (χ0) is 17.1. The third-order valence-electron chi connectivity index (χ3n) is 4.10. The molecule has 1 aliphatic heterocycles. The molecule has 1 fully saturated rings. The standard InChI is InChI=1S/C15H20N2O5S/c1-9-5-4-6-10(2)16(9)14(18)8-22-15(19)13-7-12(17(20)21)11(3)23-13/h7,9-10H,4-6,8H2,1-3H3/t9-,10-/m1/s1. The molecule has 2 heterocycles. The van der Waals surface area contributed by atoms with Crippen molar-refractivity contribution in [1.82, 2.24) is 4.90 Å². The Labute approximate surface area is 138 Å². The number of carbonyl (C=O) groups is 2. The second kappa shape index (κ2) is 7.08. The van der Waals surface area contributed by atoms with E-state index >= 15 is 0 Å². The van der Waals surface area contributed by atoms with Crippen LogP contribution in [0.15, 0.2) is 6.07 Å². The van der Waals surface area contributed by atoms with Gasteiger partial charge in [-0.15, -0.1) is 11.3 Å². The molecule has 0 bridgehead atoms. The van der Waals surface area contributed by atoms with E-state index in [1.807, 2.05) is 13.8 Å². The minimum atomic E-state index is -0.697. The van der Waals surface area contributed by atoms with Crippen molar-refractivity contribution in [3.05, 3.63) is 25.9 Å². The number of hydrogen-bond acceptors (Lipinski definition) is 6. The van der Waals surface area contributed by atoms with Crippen LogP contribution in [-0.4, -0.2) is 40.4 Å².